The third-order valence-corrected chi connectivity index (χ3v) is 5.21. The van der Waals surface area contributed by atoms with Crippen molar-refractivity contribution in [1.82, 2.24) is 0 Å². The Balaban J connectivity index is 1.78. The number of hydrogen-bond acceptors (Lipinski definition) is 4. The zero-order chi connectivity index (χ0) is 22.0. The van der Waals surface area contributed by atoms with Crippen molar-refractivity contribution in [3.05, 3.63) is 89.5 Å². The Morgan fingerprint density at radius 2 is 1.48 bits per heavy atom. The maximum atomic E-state index is 13.5. The number of carbonyl (C=O) groups excluding carboxylic acids is 2. The number of amides is 2. The molecule has 1 aliphatic heterocycles. The molecule has 1 aliphatic rings. The van der Waals surface area contributed by atoms with Gasteiger partial charge in [0.05, 0.1) is 12.3 Å². The van der Waals surface area contributed by atoms with E-state index in [1.807, 2.05) is 74.5 Å². The number of hydrogen-bond donors (Lipinski definition) is 0. The number of fused-ring (bicyclic) bond motifs is 1. The van der Waals surface area contributed by atoms with E-state index >= 15 is 0 Å². The molecule has 0 saturated heterocycles. The average molecular weight is 412 g/mol. The third-order valence-electron chi connectivity index (χ3n) is 5.21. The highest BCUT2D eigenvalue weighted by Gasteiger charge is 2.35. The van der Waals surface area contributed by atoms with E-state index in [4.69, 9.17) is 4.74 Å². The lowest BCUT2D eigenvalue weighted by molar-refractivity contribution is -0.112. The molecule has 0 saturated carbocycles. The molecular weight excluding hydrogens is 388 g/mol. The molecule has 1 heterocycles. The quantitative estimate of drug-likeness (QED) is 0.443. The molecule has 0 unspecified atom stereocenters. The molecule has 0 aliphatic carbocycles. The lowest BCUT2D eigenvalue weighted by Crippen LogP contribution is -2.41. The lowest BCUT2D eigenvalue weighted by Gasteiger charge is -2.28. The molecule has 2 amide bonds. The molecule has 0 fully saturated rings. The van der Waals surface area contributed by atoms with E-state index in [0.717, 1.165) is 11.3 Å². The molecule has 156 valence electrons. The van der Waals surface area contributed by atoms with E-state index in [9.17, 15) is 9.59 Å². The van der Waals surface area contributed by atoms with Gasteiger partial charge in [-0.05, 0) is 66.6 Å². The predicted molar refractivity (Wildman–Crippen MR) is 125 cm³/mol. The topological polar surface area (TPSA) is 49.9 Å². The summed E-state index contributed by atoms with van der Waals surface area (Å²) in [6, 6.07) is 22.2. The third kappa shape index (κ3) is 3.94. The van der Waals surface area contributed by atoms with Crippen LogP contribution in [0.2, 0.25) is 0 Å². The number of imide groups is 1. The zero-order valence-electron chi connectivity index (χ0n) is 17.8. The summed E-state index contributed by atoms with van der Waals surface area (Å²) in [5.74, 6) is 0.0229. The second-order valence-corrected chi connectivity index (χ2v) is 7.46. The first-order chi connectivity index (χ1) is 15.0. The van der Waals surface area contributed by atoms with Gasteiger partial charge in [0.25, 0.3) is 11.8 Å². The highest BCUT2D eigenvalue weighted by molar-refractivity contribution is 6.43. The number of benzene rings is 3. The van der Waals surface area contributed by atoms with E-state index < -0.39 is 0 Å². The molecule has 0 radical (unpaired) electrons. The Morgan fingerprint density at radius 1 is 0.839 bits per heavy atom. The largest absolute Gasteiger partial charge is 0.494 e. The molecular formula is C26H24N2O3. The SMILES string of the molecule is CCOc1ccc(N2C(=O)C(=Cc3ccc(N(C)C)cc3)c3ccccc3C2=O)cc1. The Bertz CT molecular complexity index is 1150. The van der Waals surface area contributed by atoms with Crippen molar-refractivity contribution in [2.75, 3.05) is 30.5 Å². The van der Waals surface area contributed by atoms with Crippen molar-refractivity contribution in [2.45, 2.75) is 6.92 Å². The van der Waals surface area contributed by atoms with Gasteiger partial charge in [-0.2, -0.15) is 0 Å². The fourth-order valence-corrected chi connectivity index (χ4v) is 3.62. The maximum Gasteiger partial charge on any atom is 0.265 e. The van der Waals surface area contributed by atoms with Gasteiger partial charge in [0.2, 0.25) is 0 Å². The smallest absolute Gasteiger partial charge is 0.265 e. The number of anilines is 2. The highest BCUT2D eigenvalue weighted by Crippen LogP contribution is 2.34. The Morgan fingerprint density at radius 3 is 2.10 bits per heavy atom. The minimum atomic E-state index is -0.343. The van der Waals surface area contributed by atoms with Crippen LogP contribution in [0.15, 0.2) is 72.8 Å². The first-order valence-electron chi connectivity index (χ1n) is 10.2. The summed E-state index contributed by atoms with van der Waals surface area (Å²) in [6.07, 6.45) is 1.84. The molecule has 0 bridgehead atoms. The maximum absolute atomic E-state index is 13.5. The molecule has 0 atom stereocenters. The van der Waals surface area contributed by atoms with Crippen molar-refractivity contribution in [3.63, 3.8) is 0 Å². The van der Waals surface area contributed by atoms with E-state index in [0.29, 0.717) is 34.7 Å². The van der Waals surface area contributed by atoms with Gasteiger partial charge in [0.1, 0.15) is 5.75 Å². The van der Waals surface area contributed by atoms with Gasteiger partial charge in [-0.25, -0.2) is 4.90 Å². The van der Waals surface area contributed by atoms with E-state index in [1.165, 1.54) is 4.90 Å². The van der Waals surface area contributed by atoms with Crippen LogP contribution in [0.1, 0.15) is 28.4 Å². The van der Waals surface area contributed by atoms with Crippen molar-refractivity contribution >= 4 is 34.8 Å². The van der Waals surface area contributed by atoms with Gasteiger partial charge in [0.15, 0.2) is 0 Å². The fourth-order valence-electron chi connectivity index (χ4n) is 3.62. The van der Waals surface area contributed by atoms with Gasteiger partial charge >= 0.3 is 0 Å². The standard InChI is InChI=1S/C26H24N2O3/c1-4-31-21-15-13-20(14-16-21)28-25(29)23-8-6-5-7-22(23)24(26(28)30)17-18-9-11-19(12-10-18)27(2)3/h5-17H,4H2,1-3H3. The first-order valence-corrected chi connectivity index (χ1v) is 10.2. The van der Waals surface area contributed by atoms with Crippen LogP contribution in [0.5, 0.6) is 5.75 Å². The zero-order valence-corrected chi connectivity index (χ0v) is 17.8. The molecule has 0 aromatic heterocycles. The number of carbonyl (C=O) groups is 2. The normalized spacial score (nSPS) is 14.5. The Labute approximate surface area is 182 Å². The summed E-state index contributed by atoms with van der Waals surface area (Å²) in [4.78, 5) is 29.9. The summed E-state index contributed by atoms with van der Waals surface area (Å²) in [6.45, 7) is 2.46. The molecule has 5 heteroatoms. The molecule has 0 N–H and O–H groups in total. The van der Waals surface area contributed by atoms with Gasteiger partial charge in [-0.3, -0.25) is 9.59 Å². The fraction of sp³-hybridized carbons (Fsp3) is 0.154. The van der Waals surface area contributed by atoms with Crippen LogP contribution in [0.25, 0.3) is 11.6 Å². The van der Waals surface area contributed by atoms with Crippen molar-refractivity contribution in [3.8, 4) is 5.75 Å². The second kappa shape index (κ2) is 8.48. The molecule has 5 nitrogen and oxygen atoms in total. The monoisotopic (exact) mass is 412 g/mol. The van der Waals surface area contributed by atoms with Gasteiger partial charge in [-0.1, -0.05) is 30.3 Å². The van der Waals surface area contributed by atoms with Gasteiger partial charge in [-0.15, -0.1) is 0 Å². The molecule has 3 aromatic carbocycles. The van der Waals surface area contributed by atoms with E-state index in [1.54, 1.807) is 30.3 Å². The lowest BCUT2D eigenvalue weighted by atomic mass is 9.91. The van der Waals surface area contributed by atoms with Crippen molar-refractivity contribution in [2.24, 2.45) is 0 Å². The molecule has 3 aromatic rings. The summed E-state index contributed by atoms with van der Waals surface area (Å²) in [5.41, 5.74) is 4.13. The Kier molecular flexibility index (Phi) is 5.58. The van der Waals surface area contributed by atoms with Crippen LogP contribution in [0.3, 0.4) is 0 Å². The minimum absolute atomic E-state index is 0.329. The first kappa shape index (κ1) is 20.4. The van der Waals surface area contributed by atoms with E-state index in [2.05, 4.69) is 0 Å². The van der Waals surface area contributed by atoms with Crippen LogP contribution in [0, 0.1) is 0 Å². The van der Waals surface area contributed by atoms with Gasteiger partial charge < -0.3 is 9.64 Å². The van der Waals surface area contributed by atoms with Crippen molar-refractivity contribution < 1.29 is 14.3 Å². The molecule has 31 heavy (non-hydrogen) atoms. The Hall–Kier alpha value is -3.86. The highest BCUT2D eigenvalue weighted by atomic mass is 16.5. The number of rotatable bonds is 5. The van der Waals surface area contributed by atoms with Crippen LogP contribution >= 0.6 is 0 Å². The van der Waals surface area contributed by atoms with Crippen molar-refractivity contribution in [1.29, 1.82) is 0 Å². The molecule has 0 spiro atoms. The van der Waals surface area contributed by atoms with Gasteiger partial charge in [0, 0.05) is 30.9 Å². The van der Waals surface area contributed by atoms with Crippen LogP contribution in [-0.4, -0.2) is 32.5 Å². The number of ether oxygens (including phenoxy) is 1. The van der Waals surface area contributed by atoms with Crippen LogP contribution in [0.4, 0.5) is 11.4 Å². The summed E-state index contributed by atoms with van der Waals surface area (Å²) >= 11 is 0. The van der Waals surface area contributed by atoms with E-state index in [-0.39, 0.29) is 11.8 Å². The average Bonchev–Trinajstić information content (AvgIpc) is 2.78. The van der Waals surface area contributed by atoms with Crippen LogP contribution < -0.4 is 14.5 Å². The molecule has 4 rings (SSSR count). The summed E-state index contributed by atoms with van der Waals surface area (Å²) < 4.78 is 5.48. The second-order valence-electron chi connectivity index (χ2n) is 7.46. The summed E-state index contributed by atoms with van der Waals surface area (Å²) in [7, 11) is 3.96. The minimum Gasteiger partial charge on any atom is -0.494 e. The summed E-state index contributed by atoms with van der Waals surface area (Å²) in [5, 5.41) is 0. The predicted octanol–water partition coefficient (Wildman–Crippen LogP) is 4.88. The van der Waals surface area contributed by atoms with Crippen LogP contribution in [-0.2, 0) is 4.79 Å². The number of nitrogens with zero attached hydrogens (tertiary/aromatic N) is 2.